The molecule has 0 aromatic heterocycles. The van der Waals surface area contributed by atoms with Gasteiger partial charge in [0.1, 0.15) is 5.75 Å². The third-order valence-corrected chi connectivity index (χ3v) is 4.96. The zero-order valence-corrected chi connectivity index (χ0v) is 15.8. The third-order valence-electron chi connectivity index (χ3n) is 3.48. The Hall–Kier alpha value is -2.91. The van der Waals surface area contributed by atoms with Gasteiger partial charge in [-0.25, -0.2) is 13.1 Å². The first-order valence-corrected chi connectivity index (χ1v) is 9.60. The number of rotatable bonds is 8. The number of sulfonamides is 1. The average molecular weight is 391 g/mol. The standard InChI is InChI=1S/C18H21N3O5S/c1-13(22)20-14-4-3-5-15(12-14)21-18(23)10-11-19-27(24,25)17-8-6-16(26-2)7-9-17/h3-9,12,19H,10-11H2,1-2H3,(H,20,22)(H,21,23). The lowest BCUT2D eigenvalue weighted by Crippen LogP contribution is -2.27. The lowest BCUT2D eigenvalue weighted by atomic mass is 10.2. The summed E-state index contributed by atoms with van der Waals surface area (Å²) in [7, 11) is -2.21. The molecule has 2 aromatic carbocycles. The maximum absolute atomic E-state index is 12.2. The summed E-state index contributed by atoms with van der Waals surface area (Å²) < 4.78 is 31.8. The van der Waals surface area contributed by atoms with Crippen LogP contribution in [-0.4, -0.2) is 33.9 Å². The molecule has 0 fully saturated rings. The molecule has 0 saturated carbocycles. The number of nitrogens with one attached hydrogen (secondary N) is 3. The maximum Gasteiger partial charge on any atom is 0.240 e. The van der Waals surface area contributed by atoms with Crippen LogP contribution in [0.15, 0.2) is 53.4 Å². The second-order valence-corrected chi connectivity index (χ2v) is 7.40. The van der Waals surface area contributed by atoms with Crippen LogP contribution in [0.25, 0.3) is 0 Å². The molecule has 0 aliphatic carbocycles. The Labute approximate surface area is 158 Å². The molecule has 9 heteroatoms. The largest absolute Gasteiger partial charge is 0.497 e. The fraction of sp³-hybridized carbons (Fsp3) is 0.222. The van der Waals surface area contributed by atoms with E-state index < -0.39 is 10.0 Å². The number of amides is 2. The molecule has 0 aliphatic heterocycles. The quantitative estimate of drug-likeness (QED) is 0.637. The third kappa shape index (κ3) is 6.39. The molecule has 0 saturated heterocycles. The summed E-state index contributed by atoms with van der Waals surface area (Å²) in [5.41, 5.74) is 1.06. The number of carbonyl (C=O) groups is 2. The van der Waals surface area contributed by atoms with E-state index in [-0.39, 0.29) is 29.7 Å². The molecular weight excluding hydrogens is 370 g/mol. The first-order valence-electron chi connectivity index (χ1n) is 8.11. The Morgan fingerprint density at radius 3 is 2.22 bits per heavy atom. The first kappa shape index (κ1) is 20.4. The molecule has 0 aliphatic rings. The predicted molar refractivity (Wildman–Crippen MR) is 102 cm³/mol. The van der Waals surface area contributed by atoms with Gasteiger partial charge in [-0.05, 0) is 42.5 Å². The van der Waals surface area contributed by atoms with Gasteiger partial charge in [-0.3, -0.25) is 9.59 Å². The van der Waals surface area contributed by atoms with Crippen LogP contribution in [0.2, 0.25) is 0 Å². The van der Waals surface area contributed by atoms with Crippen molar-refractivity contribution in [3.63, 3.8) is 0 Å². The van der Waals surface area contributed by atoms with Gasteiger partial charge in [0.05, 0.1) is 12.0 Å². The van der Waals surface area contributed by atoms with E-state index in [1.807, 2.05) is 0 Å². The molecule has 2 amide bonds. The van der Waals surface area contributed by atoms with Crippen LogP contribution in [0.4, 0.5) is 11.4 Å². The van der Waals surface area contributed by atoms with E-state index in [0.717, 1.165) is 0 Å². The van der Waals surface area contributed by atoms with Gasteiger partial charge in [-0.15, -0.1) is 0 Å². The van der Waals surface area contributed by atoms with Crippen LogP contribution in [0.5, 0.6) is 5.75 Å². The summed E-state index contributed by atoms with van der Waals surface area (Å²) in [6.45, 7) is 1.34. The van der Waals surface area contributed by atoms with Crippen molar-refractivity contribution in [2.75, 3.05) is 24.3 Å². The normalized spacial score (nSPS) is 10.9. The number of carbonyl (C=O) groups excluding carboxylic acids is 2. The van der Waals surface area contributed by atoms with E-state index in [1.54, 1.807) is 36.4 Å². The SMILES string of the molecule is COc1ccc(S(=O)(=O)NCCC(=O)Nc2cccc(NC(C)=O)c2)cc1. The minimum absolute atomic E-state index is 0.0419. The summed E-state index contributed by atoms with van der Waals surface area (Å²) in [5.74, 6) is -0.0198. The zero-order valence-electron chi connectivity index (χ0n) is 15.0. The van der Waals surface area contributed by atoms with Gasteiger partial charge in [-0.1, -0.05) is 6.07 Å². The van der Waals surface area contributed by atoms with Crippen LogP contribution in [0.1, 0.15) is 13.3 Å². The van der Waals surface area contributed by atoms with E-state index in [0.29, 0.717) is 17.1 Å². The summed E-state index contributed by atoms with van der Waals surface area (Å²) in [5, 5.41) is 5.27. The number of benzene rings is 2. The zero-order chi connectivity index (χ0) is 19.9. The van der Waals surface area contributed by atoms with E-state index >= 15 is 0 Å². The molecule has 3 N–H and O–H groups in total. The van der Waals surface area contributed by atoms with Crippen molar-refractivity contribution in [1.29, 1.82) is 0 Å². The van der Waals surface area contributed by atoms with Crippen LogP contribution in [-0.2, 0) is 19.6 Å². The van der Waals surface area contributed by atoms with Crippen molar-refractivity contribution in [1.82, 2.24) is 4.72 Å². The highest BCUT2D eigenvalue weighted by Gasteiger charge is 2.14. The Morgan fingerprint density at radius 1 is 1.00 bits per heavy atom. The molecule has 144 valence electrons. The molecule has 0 bridgehead atoms. The maximum atomic E-state index is 12.2. The molecule has 27 heavy (non-hydrogen) atoms. The minimum Gasteiger partial charge on any atom is -0.497 e. The second kappa shape index (κ2) is 9.15. The van der Waals surface area contributed by atoms with E-state index in [2.05, 4.69) is 15.4 Å². The highest BCUT2D eigenvalue weighted by Crippen LogP contribution is 2.16. The van der Waals surface area contributed by atoms with Gasteiger partial charge in [0.2, 0.25) is 21.8 Å². The highest BCUT2D eigenvalue weighted by molar-refractivity contribution is 7.89. The van der Waals surface area contributed by atoms with Crippen molar-refractivity contribution in [3.05, 3.63) is 48.5 Å². The topological polar surface area (TPSA) is 114 Å². The second-order valence-electron chi connectivity index (χ2n) is 5.63. The number of ether oxygens (including phenoxy) is 1. The van der Waals surface area contributed by atoms with Gasteiger partial charge in [-0.2, -0.15) is 0 Å². The van der Waals surface area contributed by atoms with Crippen LogP contribution < -0.4 is 20.1 Å². The fourth-order valence-electron chi connectivity index (χ4n) is 2.24. The fourth-order valence-corrected chi connectivity index (χ4v) is 3.27. The van der Waals surface area contributed by atoms with Crippen LogP contribution >= 0.6 is 0 Å². The lowest BCUT2D eigenvalue weighted by molar-refractivity contribution is -0.116. The summed E-state index contributed by atoms with van der Waals surface area (Å²) in [6.07, 6.45) is -0.0419. The number of anilines is 2. The smallest absolute Gasteiger partial charge is 0.240 e. The van der Waals surface area contributed by atoms with Crippen LogP contribution in [0.3, 0.4) is 0 Å². The Morgan fingerprint density at radius 2 is 1.63 bits per heavy atom. The molecular formula is C18H21N3O5S. The summed E-state index contributed by atoms with van der Waals surface area (Å²) in [6, 6.07) is 12.6. The lowest BCUT2D eigenvalue weighted by Gasteiger charge is -2.09. The Kier molecular flexibility index (Phi) is 6.91. The Balaban J connectivity index is 1.87. The van der Waals surface area contributed by atoms with Gasteiger partial charge < -0.3 is 15.4 Å². The van der Waals surface area contributed by atoms with Crippen LogP contribution in [0, 0.1) is 0 Å². The molecule has 0 spiro atoms. The number of methoxy groups -OCH3 is 1. The van der Waals surface area contributed by atoms with E-state index in [4.69, 9.17) is 4.74 Å². The molecule has 2 rings (SSSR count). The minimum atomic E-state index is -3.71. The van der Waals surface area contributed by atoms with Crippen molar-refractivity contribution in [3.8, 4) is 5.75 Å². The van der Waals surface area contributed by atoms with Gasteiger partial charge in [0, 0.05) is 31.3 Å². The van der Waals surface area contributed by atoms with Crippen molar-refractivity contribution in [2.24, 2.45) is 0 Å². The van der Waals surface area contributed by atoms with Crippen molar-refractivity contribution >= 4 is 33.2 Å². The van der Waals surface area contributed by atoms with Gasteiger partial charge in [0.15, 0.2) is 0 Å². The average Bonchev–Trinajstić information content (AvgIpc) is 2.61. The molecule has 2 aromatic rings. The van der Waals surface area contributed by atoms with Crippen molar-refractivity contribution in [2.45, 2.75) is 18.2 Å². The summed E-state index contributed by atoms with van der Waals surface area (Å²) >= 11 is 0. The van der Waals surface area contributed by atoms with E-state index in [9.17, 15) is 18.0 Å². The van der Waals surface area contributed by atoms with Gasteiger partial charge in [0.25, 0.3) is 0 Å². The van der Waals surface area contributed by atoms with Gasteiger partial charge >= 0.3 is 0 Å². The number of hydrogen-bond donors (Lipinski definition) is 3. The molecule has 0 radical (unpaired) electrons. The molecule has 8 nitrogen and oxygen atoms in total. The summed E-state index contributed by atoms with van der Waals surface area (Å²) in [4.78, 5) is 23.2. The number of hydrogen-bond acceptors (Lipinski definition) is 5. The predicted octanol–water partition coefficient (Wildman–Crippen LogP) is 1.96. The van der Waals surface area contributed by atoms with Crippen molar-refractivity contribution < 1.29 is 22.7 Å². The first-order chi connectivity index (χ1) is 12.8. The van der Waals surface area contributed by atoms with E-state index in [1.165, 1.54) is 26.2 Å². The molecule has 0 unspecified atom stereocenters. The highest BCUT2D eigenvalue weighted by atomic mass is 32.2. The Bertz CT molecular complexity index is 911. The molecule has 0 atom stereocenters. The monoisotopic (exact) mass is 391 g/mol. The molecule has 0 heterocycles.